The molecular weight excluding hydrogens is 1280 g/mol. The molecule has 0 unspecified atom stereocenters. The molecule has 21 heteroatoms. The monoisotopic (exact) mass is 1390 g/mol. The van der Waals surface area contributed by atoms with E-state index in [9.17, 15) is 24.0 Å². The van der Waals surface area contributed by atoms with E-state index in [1.54, 1.807) is 28.6 Å². The van der Waals surface area contributed by atoms with Gasteiger partial charge >= 0.3 is 0 Å². The molecule has 4 aliphatic rings. The van der Waals surface area contributed by atoms with E-state index in [1.807, 2.05) is 129 Å². The molecule has 4 amide bonds. The van der Waals surface area contributed by atoms with Gasteiger partial charge in [-0.2, -0.15) is 0 Å². The summed E-state index contributed by atoms with van der Waals surface area (Å²) in [5, 5.41) is 24.7. The van der Waals surface area contributed by atoms with E-state index in [-0.39, 0.29) is 102 Å². The SMILES string of the molecule is CC[C@H](NC)C(=O)C[C@@H]1C(=O)N2[C@@H](CC[C@@H]1CCNCc1ccccc1)CC[C@H]2C(=O)NC(C(=O)CCCCOCCOCCOCCCn1cc(CCC(=O)CC[C@H]2CC[C@H]3CC[C@@H](C(=O)CCc4ccccc4)N3C(=O)[C@H]2NC(=O)[C@H](CC)NC)nn1)(c1ccccc1)c1ccccc1. The maximum atomic E-state index is 15.2. The molecule has 21 nitrogen and oxygen atoms in total. The number of Topliss-reactive ketones (excluding diaryl/α,β-unsaturated/α-hetero) is 4. The molecule has 0 radical (unpaired) electrons. The van der Waals surface area contributed by atoms with Crippen LogP contribution in [-0.4, -0.2) is 174 Å². The van der Waals surface area contributed by atoms with Crippen molar-refractivity contribution >= 4 is 46.8 Å². The highest BCUT2D eigenvalue weighted by molar-refractivity contribution is 6.00. The quantitative estimate of drug-likeness (QED) is 0.0228. The van der Waals surface area contributed by atoms with Gasteiger partial charge in [0.1, 0.15) is 23.4 Å². The molecule has 5 aromatic rings. The summed E-state index contributed by atoms with van der Waals surface area (Å²) in [5.74, 6) is -1.96. The van der Waals surface area contributed by atoms with Gasteiger partial charge in [-0.25, -0.2) is 0 Å². The molecule has 4 fully saturated rings. The van der Waals surface area contributed by atoms with Crippen LogP contribution in [0.1, 0.15) is 170 Å². The van der Waals surface area contributed by atoms with E-state index >= 15 is 14.4 Å². The van der Waals surface area contributed by atoms with Crippen LogP contribution in [0, 0.1) is 17.8 Å². The van der Waals surface area contributed by atoms with Crippen LogP contribution in [0.25, 0.3) is 0 Å². The average molecular weight is 1390 g/mol. The number of hydrogen-bond acceptors (Lipinski definition) is 16. The molecule has 5 heterocycles. The van der Waals surface area contributed by atoms with Crippen molar-refractivity contribution in [1.82, 2.24) is 51.4 Å². The summed E-state index contributed by atoms with van der Waals surface area (Å²) in [6.45, 7) is 8.29. The van der Waals surface area contributed by atoms with Crippen molar-refractivity contribution < 1.29 is 52.6 Å². The third-order valence-electron chi connectivity index (χ3n) is 21.4. The lowest BCUT2D eigenvalue weighted by atomic mass is 9.77. The number of carbonyl (C=O) groups is 8. The van der Waals surface area contributed by atoms with Crippen molar-refractivity contribution in [1.29, 1.82) is 0 Å². The topological polar surface area (TPSA) is 262 Å². The van der Waals surface area contributed by atoms with Crippen LogP contribution in [0.5, 0.6) is 0 Å². The number of aromatic nitrogens is 3. The zero-order valence-electron chi connectivity index (χ0n) is 60.0. The third-order valence-corrected chi connectivity index (χ3v) is 21.4. The Bertz CT molecular complexity index is 3370. The van der Waals surface area contributed by atoms with Gasteiger partial charge in [0.05, 0.1) is 50.2 Å². The number of hydrogen-bond donors (Lipinski definition) is 5. The number of ether oxygens (including phenoxy) is 3. The molecule has 0 bridgehead atoms. The van der Waals surface area contributed by atoms with Crippen LogP contribution < -0.4 is 26.6 Å². The van der Waals surface area contributed by atoms with Gasteiger partial charge in [-0.05, 0) is 164 Å². The number of amides is 4. The Morgan fingerprint density at radius 1 is 0.574 bits per heavy atom. The van der Waals surface area contributed by atoms with E-state index in [0.29, 0.717) is 166 Å². The Morgan fingerprint density at radius 2 is 1.14 bits per heavy atom. The van der Waals surface area contributed by atoms with Crippen molar-refractivity contribution in [2.45, 2.75) is 216 Å². The van der Waals surface area contributed by atoms with Crippen LogP contribution in [-0.2, 0) is 84.0 Å². The lowest BCUT2D eigenvalue weighted by Gasteiger charge is -2.38. The largest absolute Gasteiger partial charge is 0.379 e. The van der Waals surface area contributed by atoms with Crippen molar-refractivity contribution in [3.63, 3.8) is 0 Å². The molecule has 546 valence electrons. The second-order valence-electron chi connectivity index (χ2n) is 27.9. The number of rotatable bonds is 44. The van der Waals surface area contributed by atoms with Gasteiger partial charge < -0.3 is 50.6 Å². The highest BCUT2D eigenvalue weighted by Gasteiger charge is 2.51. The maximum absolute atomic E-state index is 15.2. The summed E-state index contributed by atoms with van der Waals surface area (Å²) in [5.41, 5.74) is 2.68. The first-order valence-electron chi connectivity index (χ1n) is 37.5. The van der Waals surface area contributed by atoms with Gasteiger partial charge in [-0.3, -0.25) is 43.0 Å². The van der Waals surface area contributed by atoms with Crippen LogP contribution in [0.15, 0.2) is 128 Å². The van der Waals surface area contributed by atoms with Crippen LogP contribution in [0.3, 0.4) is 0 Å². The average Bonchev–Trinajstić information content (AvgIpc) is 1.76. The van der Waals surface area contributed by atoms with Crippen molar-refractivity contribution in [2.75, 3.05) is 60.3 Å². The molecule has 101 heavy (non-hydrogen) atoms. The molecule has 0 spiro atoms. The van der Waals surface area contributed by atoms with Gasteiger partial charge in [-0.15, -0.1) is 5.10 Å². The van der Waals surface area contributed by atoms with Gasteiger partial charge in [0.15, 0.2) is 17.3 Å². The molecule has 4 aliphatic heterocycles. The predicted octanol–water partition coefficient (Wildman–Crippen LogP) is 8.78. The zero-order chi connectivity index (χ0) is 71.4. The van der Waals surface area contributed by atoms with E-state index in [2.05, 4.69) is 49.0 Å². The summed E-state index contributed by atoms with van der Waals surface area (Å²) in [7, 11) is 3.50. The van der Waals surface area contributed by atoms with E-state index < -0.39 is 35.6 Å². The minimum absolute atomic E-state index is 0.000942. The van der Waals surface area contributed by atoms with Gasteiger partial charge in [-0.1, -0.05) is 140 Å². The number of carbonyl (C=O) groups excluding carboxylic acids is 8. The van der Waals surface area contributed by atoms with E-state index in [4.69, 9.17) is 14.2 Å². The fourth-order valence-corrected chi connectivity index (χ4v) is 15.7. The maximum Gasteiger partial charge on any atom is 0.246 e. The zero-order valence-corrected chi connectivity index (χ0v) is 60.0. The number of ketones is 4. The van der Waals surface area contributed by atoms with Crippen molar-refractivity contribution in [2.24, 2.45) is 17.8 Å². The molecular formula is C80H110N10O11. The normalized spacial score (nSPS) is 21.3. The number of aryl methyl sites for hydroxylation is 3. The molecule has 4 aromatic carbocycles. The summed E-state index contributed by atoms with van der Waals surface area (Å²) < 4.78 is 19.3. The number of benzene rings is 4. The second kappa shape index (κ2) is 40.3. The first kappa shape index (κ1) is 77.5. The van der Waals surface area contributed by atoms with Gasteiger partial charge in [0.2, 0.25) is 23.6 Å². The Morgan fingerprint density at radius 3 is 1.76 bits per heavy atom. The predicted molar refractivity (Wildman–Crippen MR) is 387 cm³/mol. The van der Waals surface area contributed by atoms with E-state index in [0.717, 1.165) is 31.2 Å². The number of nitrogens with zero attached hydrogens (tertiary/aromatic N) is 5. The van der Waals surface area contributed by atoms with Crippen LogP contribution in [0.4, 0.5) is 0 Å². The Hall–Kier alpha value is -7.66. The van der Waals surface area contributed by atoms with Crippen LogP contribution >= 0.6 is 0 Å². The molecule has 9 rings (SSSR count). The lowest BCUT2D eigenvalue weighted by molar-refractivity contribution is -0.146. The minimum atomic E-state index is -1.54. The first-order valence-corrected chi connectivity index (χ1v) is 37.5. The smallest absolute Gasteiger partial charge is 0.246 e. The van der Waals surface area contributed by atoms with Gasteiger partial charge in [0.25, 0.3) is 0 Å². The summed E-state index contributed by atoms with van der Waals surface area (Å²) in [6, 6.07) is 35.6. The first-order chi connectivity index (χ1) is 49.3. The molecule has 4 saturated heterocycles. The minimum Gasteiger partial charge on any atom is -0.379 e. The molecule has 0 aliphatic carbocycles. The standard InChI is InChI=1S/C80H110N10O11/c1-5-68(81-3)73(93)54-67-59(45-46-83-55-58-24-13-8-14-25-58)32-36-65-39-43-71(90(65)78(67)97)77(96)85-80(61-26-15-9-16-27-61,62-28-17-10-18-29-62)74(94)30-19-20-48-99-50-52-101-53-51-100-49-21-47-88-56-63(86-87-88)35-41-66(91)40-34-60-33-37-64-38-42-70(72(92)44-31-57-22-11-7-12-23-57)89(64)79(98)75(60)84-76(95)69(6-2)82-4/h7-18,22-29,56,59-60,64-65,67-71,75,81-83H,5-6,19-21,30-55H2,1-4H3,(H,84,95)(H,85,96)/t59-,60-,64+,65+,67+,68+,69+,70+,71+,75+/m1/s1. The number of unbranched alkanes of at least 4 members (excludes halogenated alkanes) is 1. The fourth-order valence-electron chi connectivity index (χ4n) is 15.7. The molecule has 10 atom stereocenters. The third kappa shape index (κ3) is 21.5. The second-order valence-corrected chi connectivity index (χ2v) is 27.9. The lowest BCUT2D eigenvalue weighted by Crippen LogP contribution is -2.58. The highest BCUT2D eigenvalue weighted by Crippen LogP contribution is 2.41. The highest BCUT2D eigenvalue weighted by atomic mass is 16.5. The van der Waals surface area contributed by atoms with Crippen LogP contribution in [0.2, 0.25) is 0 Å². The number of likely N-dealkylation sites (N-methyl/N-ethyl adjacent to an activating group) is 2. The molecule has 0 saturated carbocycles. The Kier molecular flexibility index (Phi) is 30.9. The summed E-state index contributed by atoms with van der Waals surface area (Å²) >= 11 is 0. The number of nitrogens with one attached hydrogen (secondary N) is 5. The Labute approximate surface area is 597 Å². The van der Waals surface area contributed by atoms with Crippen molar-refractivity contribution in [3.05, 3.63) is 155 Å². The number of fused-ring (bicyclic) bond motifs is 2. The summed E-state index contributed by atoms with van der Waals surface area (Å²) in [4.78, 5) is 118. The summed E-state index contributed by atoms with van der Waals surface area (Å²) in [6.07, 6.45) is 13.5. The molecule has 5 N–H and O–H groups in total. The Balaban J connectivity index is 0.677. The fraction of sp³-hybridized carbons (Fsp3) is 0.575. The van der Waals surface area contributed by atoms with Gasteiger partial charge in [0, 0.05) is 82.6 Å². The molecule has 1 aromatic heterocycles. The van der Waals surface area contributed by atoms with E-state index in [1.165, 1.54) is 5.56 Å². The van der Waals surface area contributed by atoms with Crippen molar-refractivity contribution in [3.8, 4) is 0 Å².